The lowest BCUT2D eigenvalue weighted by molar-refractivity contribution is 0.950. The number of pyridine rings is 1. The van der Waals surface area contributed by atoms with Crippen LogP contribution in [0, 0.1) is 6.92 Å². The van der Waals surface area contributed by atoms with E-state index in [0.717, 1.165) is 22.6 Å². The van der Waals surface area contributed by atoms with Gasteiger partial charge in [-0.1, -0.05) is 17.7 Å². The van der Waals surface area contributed by atoms with Gasteiger partial charge in [-0.3, -0.25) is 4.98 Å². The maximum atomic E-state index is 6.17. The van der Waals surface area contributed by atoms with E-state index in [0.29, 0.717) is 5.02 Å². The van der Waals surface area contributed by atoms with Crippen molar-refractivity contribution >= 4 is 22.6 Å². The SMILES string of the molecule is Cc1ccc2c(c1)nc(-c1ncccc1Cl)n2C. The van der Waals surface area contributed by atoms with E-state index in [4.69, 9.17) is 11.6 Å². The van der Waals surface area contributed by atoms with Crippen molar-refractivity contribution in [3.8, 4) is 11.5 Å². The van der Waals surface area contributed by atoms with Crippen LogP contribution in [0.4, 0.5) is 0 Å². The van der Waals surface area contributed by atoms with E-state index in [1.54, 1.807) is 6.20 Å². The number of hydrogen-bond acceptors (Lipinski definition) is 2. The van der Waals surface area contributed by atoms with Gasteiger partial charge < -0.3 is 4.57 Å². The van der Waals surface area contributed by atoms with Crippen LogP contribution in [0.5, 0.6) is 0 Å². The van der Waals surface area contributed by atoms with E-state index >= 15 is 0 Å². The quantitative estimate of drug-likeness (QED) is 0.667. The van der Waals surface area contributed by atoms with Gasteiger partial charge in [0.25, 0.3) is 0 Å². The molecule has 4 heteroatoms. The standard InChI is InChI=1S/C14H12ClN3/c1-9-5-6-12-11(8-9)17-14(18(12)2)13-10(15)4-3-7-16-13/h3-8H,1-2H3. The first-order valence-corrected chi connectivity index (χ1v) is 6.08. The van der Waals surface area contributed by atoms with E-state index in [1.807, 2.05) is 23.7 Å². The summed E-state index contributed by atoms with van der Waals surface area (Å²) in [5.41, 5.74) is 3.96. The van der Waals surface area contributed by atoms with Crippen LogP contribution in [-0.2, 0) is 7.05 Å². The topological polar surface area (TPSA) is 30.7 Å². The molecule has 0 aliphatic carbocycles. The monoisotopic (exact) mass is 257 g/mol. The molecule has 0 saturated heterocycles. The molecule has 3 nitrogen and oxygen atoms in total. The highest BCUT2D eigenvalue weighted by molar-refractivity contribution is 6.32. The zero-order chi connectivity index (χ0) is 12.7. The van der Waals surface area contributed by atoms with Crippen LogP contribution in [0.3, 0.4) is 0 Å². The zero-order valence-corrected chi connectivity index (χ0v) is 10.9. The van der Waals surface area contributed by atoms with Crippen molar-refractivity contribution in [1.29, 1.82) is 0 Å². The normalized spacial score (nSPS) is 11.1. The van der Waals surface area contributed by atoms with Gasteiger partial charge in [-0.2, -0.15) is 0 Å². The molecule has 2 aromatic heterocycles. The number of halogens is 1. The summed E-state index contributed by atoms with van der Waals surface area (Å²) in [4.78, 5) is 8.93. The maximum Gasteiger partial charge on any atom is 0.161 e. The Bertz CT molecular complexity index is 731. The molecule has 0 aliphatic heterocycles. The van der Waals surface area contributed by atoms with Crippen LogP contribution in [0.25, 0.3) is 22.6 Å². The lowest BCUT2D eigenvalue weighted by Crippen LogP contribution is -1.95. The van der Waals surface area contributed by atoms with Crippen LogP contribution >= 0.6 is 11.6 Å². The molecule has 0 N–H and O–H groups in total. The van der Waals surface area contributed by atoms with Crippen molar-refractivity contribution in [2.45, 2.75) is 6.92 Å². The molecule has 1 aromatic carbocycles. The van der Waals surface area contributed by atoms with Crippen LogP contribution in [0.15, 0.2) is 36.5 Å². The fraction of sp³-hybridized carbons (Fsp3) is 0.143. The van der Waals surface area contributed by atoms with Gasteiger partial charge in [0, 0.05) is 13.2 Å². The number of aryl methyl sites for hydroxylation is 2. The number of rotatable bonds is 1. The molecule has 0 amide bonds. The molecule has 90 valence electrons. The number of imidazole rings is 1. The Morgan fingerprint density at radius 1 is 1.22 bits per heavy atom. The zero-order valence-electron chi connectivity index (χ0n) is 10.2. The van der Waals surface area contributed by atoms with Gasteiger partial charge in [-0.15, -0.1) is 0 Å². The van der Waals surface area contributed by atoms with Gasteiger partial charge >= 0.3 is 0 Å². The number of hydrogen-bond donors (Lipinski definition) is 0. The minimum Gasteiger partial charge on any atom is -0.326 e. The van der Waals surface area contributed by atoms with Crippen molar-refractivity contribution in [2.24, 2.45) is 7.05 Å². The molecule has 3 aromatic rings. The molecule has 0 radical (unpaired) electrons. The maximum absolute atomic E-state index is 6.17. The van der Waals surface area contributed by atoms with Crippen LogP contribution in [-0.4, -0.2) is 14.5 Å². The Hall–Kier alpha value is -1.87. The fourth-order valence-corrected chi connectivity index (χ4v) is 2.28. The Balaban J connectivity index is 2.31. The van der Waals surface area contributed by atoms with Gasteiger partial charge in [0.2, 0.25) is 0 Å². The third kappa shape index (κ3) is 1.68. The lowest BCUT2D eigenvalue weighted by atomic mass is 10.2. The summed E-state index contributed by atoms with van der Waals surface area (Å²) < 4.78 is 2.02. The van der Waals surface area contributed by atoms with Crippen molar-refractivity contribution < 1.29 is 0 Å². The summed E-state index contributed by atoms with van der Waals surface area (Å²) in [6.45, 7) is 2.06. The first kappa shape index (κ1) is 11.2. The van der Waals surface area contributed by atoms with Gasteiger partial charge in [-0.25, -0.2) is 4.98 Å². The van der Waals surface area contributed by atoms with Crippen molar-refractivity contribution in [3.05, 3.63) is 47.1 Å². The molecular weight excluding hydrogens is 246 g/mol. The van der Waals surface area contributed by atoms with E-state index in [-0.39, 0.29) is 0 Å². The lowest BCUT2D eigenvalue weighted by Gasteiger charge is -2.03. The highest BCUT2D eigenvalue weighted by Crippen LogP contribution is 2.27. The summed E-state index contributed by atoms with van der Waals surface area (Å²) >= 11 is 6.17. The summed E-state index contributed by atoms with van der Waals surface area (Å²) in [6, 6.07) is 9.86. The Morgan fingerprint density at radius 2 is 2.06 bits per heavy atom. The van der Waals surface area contributed by atoms with Crippen molar-refractivity contribution in [3.63, 3.8) is 0 Å². The second-order valence-electron chi connectivity index (χ2n) is 4.32. The highest BCUT2D eigenvalue weighted by Gasteiger charge is 2.13. The van der Waals surface area contributed by atoms with Gasteiger partial charge in [0.1, 0.15) is 5.69 Å². The van der Waals surface area contributed by atoms with E-state index in [1.165, 1.54) is 5.56 Å². The summed E-state index contributed by atoms with van der Waals surface area (Å²) in [5.74, 6) is 0.793. The van der Waals surface area contributed by atoms with E-state index in [9.17, 15) is 0 Å². The molecule has 2 heterocycles. The molecule has 18 heavy (non-hydrogen) atoms. The first-order valence-electron chi connectivity index (χ1n) is 5.71. The molecule has 0 saturated carbocycles. The van der Waals surface area contributed by atoms with Crippen LogP contribution in [0.1, 0.15) is 5.56 Å². The van der Waals surface area contributed by atoms with Crippen LogP contribution in [0.2, 0.25) is 5.02 Å². The minimum atomic E-state index is 0.618. The molecule has 0 unspecified atom stereocenters. The average molecular weight is 258 g/mol. The van der Waals surface area contributed by atoms with E-state index in [2.05, 4.69) is 35.1 Å². The van der Waals surface area contributed by atoms with Gasteiger partial charge in [-0.05, 0) is 36.8 Å². The summed E-state index contributed by atoms with van der Waals surface area (Å²) in [5, 5.41) is 0.618. The summed E-state index contributed by atoms with van der Waals surface area (Å²) in [7, 11) is 1.98. The third-order valence-corrected chi connectivity index (χ3v) is 3.31. The number of fused-ring (bicyclic) bond motifs is 1. The Labute approximate surface area is 110 Å². The second-order valence-corrected chi connectivity index (χ2v) is 4.73. The fourth-order valence-electron chi connectivity index (χ4n) is 2.07. The predicted octanol–water partition coefficient (Wildman–Crippen LogP) is 3.60. The molecule has 0 aliphatic rings. The predicted molar refractivity (Wildman–Crippen MR) is 73.7 cm³/mol. The molecule has 0 spiro atoms. The largest absolute Gasteiger partial charge is 0.326 e. The smallest absolute Gasteiger partial charge is 0.161 e. The molecular formula is C14H12ClN3. The van der Waals surface area contributed by atoms with Gasteiger partial charge in [0.15, 0.2) is 5.82 Å². The molecule has 0 atom stereocenters. The number of aromatic nitrogens is 3. The third-order valence-electron chi connectivity index (χ3n) is 3.01. The number of nitrogens with zero attached hydrogens (tertiary/aromatic N) is 3. The molecule has 0 fully saturated rings. The van der Waals surface area contributed by atoms with Crippen LogP contribution < -0.4 is 0 Å². The highest BCUT2D eigenvalue weighted by atomic mass is 35.5. The molecule has 0 bridgehead atoms. The van der Waals surface area contributed by atoms with Crippen molar-refractivity contribution in [1.82, 2.24) is 14.5 Å². The summed E-state index contributed by atoms with van der Waals surface area (Å²) in [6.07, 6.45) is 1.73. The molecule has 3 rings (SSSR count). The first-order chi connectivity index (χ1) is 8.66. The Morgan fingerprint density at radius 3 is 2.83 bits per heavy atom. The average Bonchev–Trinajstić information content (AvgIpc) is 2.67. The van der Waals surface area contributed by atoms with E-state index < -0.39 is 0 Å². The minimum absolute atomic E-state index is 0.618. The Kier molecular flexibility index (Phi) is 2.56. The second kappa shape index (κ2) is 4.10. The van der Waals surface area contributed by atoms with Crippen molar-refractivity contribution in [2.75, 3.05) is 0 Å². The number of benzene rings is 1. The van der Waals surface area contributed by atoms with Gasteiger partial charge in [0.05, 0.1) is 16.1 Å².